The van der Waals surface area contributed by atoms with E-state index in [2.05, 4.69) is 24.3 Å². The third-order valence-electron chi connectivity index (χ3n) is 1.69. The van der Waals surface area contributed by atoms with Crippen molar-refractivity contribution in [2.75, 3.05) is 0 Å². The molecule has 0 N–H and O–H groups in total. The van der Waals surface area contributed by atoms with Crippen LogP contribution in [-0.2, 0) is 9.53 Å². The van der Waals surface area contributed by atoms with E-state index < -0.39 is 0 Å². The second-order valence-electron chi connectivity index (χ2n) is 3.03. The number of carbonyl (C=O) groups excluding carboxylic acids is 1. The van der Waals surface area contributed by atoms with E-state index in [1.807, 2.05) is 6.92 Å². The summed E-state index contributed by atoms with van der Waals surface area (Å²) in [6, 6.07) is 0. The van der Waals surface area contributed by atoms with Crippen LogP contribution in [0.3, 0.4) is 0 Å². The fraction of sp³-hybridized carbons (Fsp3) is 0.545. The number of rotatable bonds is 6. The summed E-state index contributed by atoms with van der Waals surface area (Å²) in [5, 5.41) is 0. The molecule has 0 amide bonds. The maximum Gasteiger partial charge on any atom is 0.314 e. The Balaban J connectivity index is 3.70. The molecule has 2 nitrogen and oxygen atoms in total. The van der Waals surface area contributed by atoms with Gasteiger partial charge in [0.1, 0.15) is 0 Å². The Morgan fingerprint density at radius 1 is 1.54 bits per heavy atom. The molecular formula is C11H18O2. The molecule has 0 rings (SSSR count). The molecule has 0 aromatic heterocycles. The molecule has 0 heterocycles. The van der Waals surface area contributed by atoms with Gasteiger partial charge < -0.3 is 4.74 Å². The second-order valence-corrected chi connectivity index (χ2v) is 3.03. The third-order valence-corrected chi connectivity index (χ3v) is 1.69. The van der Waals surface area contributed by atoms with E-state index in [1.165, 1.54) is 19.1 Å². The van der Waals surface area contributed by atoms with Crippen LogP contribution in [0.2, 0.25) is 0 Å². The number of esters is 1. The summed E-state index contributed by atoms with van der Waals surface area (Å²) in [5.41, 5.74) is 1.07. The van der Waals surface area contributed by atoms with E-state index in [-0.39, 0.29) is 5.97 Å². The Kier molecular flexibility index (Phi) is 6.98. The summed E-state index contributed by atoms with van der Waals surface area (Å²) in [6.45, 7) is 7.41. The van der Waals surface area contributed by atoms with Gasteiger partial charge in [-0.2, -0.15) is 0 Å². The Morgan fingerprint density at radius 3 is 2.77 bits per heavy atom. The fourth-order valence-corrected chi connectivity index (χ4v) is 0.987. The number of hydrogen-bond acceptors (Lipinski definition) is 2. The van der Waals surface area contributed by atoms with Crippen molar-refractivity contribution in [3.63, 3.8) is 0 Å². The van der Waals surface area contributed by atoms with E-state index in [9.17, 15) is 4.79 Å². The van der Waals surface area contributed by atoms with Crippen molar-refractivity contribution in [3.05, 3.63) is 24.5 Å². The van der Waals surface area contributed by atoms with Crippen LogP contribution in [-0.4, -0.2) is 5.97 Å². The Bertz CT molecular complexity index is 192. The third kappa shape index (κ3) is 7.32. The molecule has 0 aliphatic heterocycles. The smallest absolute Gasteiger partial charge is 0.314 e. The molecule has 0 aliphatic rings. The fourth-order valence-electron chi connectivity index (χ4n) is 0.987. The minimum absolute atomic E-state index is 0.236. The topological polar surface area (TPSA) is 26.3 Å². The Morgan fingerprint density at radius 2 is 2.23 bits per heavy atom. The normalized spacial score (nSPS) is 11.1. The summed E-state index contributed by atoms with van der Waals surface area (Å²) in [7, 11) is 0. The lowest BCUT2D eigenvalue weighted by Crippen LogP contribution is -1.99. The summed E-state index contributed by atoms with van der Waals surface area (Å²) < 4.78 is 4.60. The van der Waals surface area contributed by atoms with Gasteiger partial charge in [-0.25, -0.2) is 0 Å². The van der Waals surface area contributed by atoms with Gasteiger partial charge in [0.05, 0.1) is 12.7 Å². The van der Waals surface area contributed by atoms with Gasteiger partial charge >= 0.3 is 5.97 Å². The molecule has 13 heavy (non-hydrogen) atoms. The summed E-state index contributed by atoms with van der Waals surface area (Å²) in [5.74, 6) is -0.236. The van der Waals surface area contributed by atoms with Crippen LogP contribution in [0.25, 0.3) is 0 Å². The van der Waals surface area contributed by atoms with E-state index in [1.54, 1.807) is 0 Å². The van der Waals surface area contributed by atoms with E-state index in [0.29, 0.717) is 6.42 Å². The number of ether oxygens (including phenoxy) is 1. The van der Waals surface area contributed by atoms with Gasteiger partial charge in [-0.3, -0.25) is 4.79 Å². The largest absolute Gasteiger partial charge is 0.435 e. The van der Waals surface area contributed by atoms with Crippen molar-refractivity contribution in [3.8, 4) is 0 Å². The lowest BCUT2D eigenvalue weighted by molar-refractivity contribution is -0.137. The highest BCUT2D eigenvalue weighted by atomic mass is 16.5. The van der Waals surface area contributed by atoms with Crippen molar-refractivity contribution < 1.29 is 9.53 Å². The zero-order chi connectivity index (χ0) is 10.1. The highest BCUT2D eigenvalue weighted by Gasteiger charge is 2.00. The van der Waals surface area contributed by atoms with Crippen LogP contribution in [0.5, 0.6) is 0 Å². The lowest BCUT2D eigenvalue weighted by atomic mass is 10.1. The Labute approximate surface area is 80.3 Å². The molecule has 0 aromatic rings. The van der Waals surface area contributed by atoms with Crippen molar-refractivity contribution in [2.24, 2.45) is 0 Å². The van der Waals surface area contributed by atoms with Crippen LogP contribution >= 0.6 is 0 Å². The average Bonchev–Trinajstić information content (AvgIpc) is 2.05. The standard InChI is InChI=1S/C11H18O2/c1-4-6-7-8-10(3)9-11(12)13-5-2/h5,8H,2,4,6-7,9H2,1,3H3. The minimum Gasteiger partial charge on any atom is -0.435 e. The van der Waals surface area contributed by atoms with Crippen LogP contribution in [0.1, 0.15) is 39.5 Å². The van der Waals surface area contributed by atoms with E-state index >= 15 is 0 Å². The van der Waals surface area contributed by atoms with Crippen molar-refractivity contribution >= 4 is 5.97 Å². The first-order valence-corrected chi connectivity index (χ1v) is 4.66. The molecule has 0 atom stereocenters. The first-order valence-electron chi connectivity index (χ1n) is 4.66. The maximum atomic E-state index is 11.0. The molecule has 0 bridgehead atoms. The van der Waals surface area contributed by atoms with Gasteiger partial charge in [0, 0.05) is 0 Å². The molecule has 74 valence electrons. The molecule has 0 fully saturated rings. The molecule has 0 aliphatic carbocycles. The summed E-state index contributed by atoms with van der Waals surface area (Å²) in [6.07, 6.45) is 7.03. The highest BCUT2D eigenvalue weighted by molar-refractivity contribution is 5.72. The van der Waals surface area contributed by atoms with Gasteiger partial charge in [0.15, 0.2) is 0 Å². The van der Waals surface area contributed by atoms with Gasteiger partial charge in [0.2, 0.25) is 0 Å². The predicted octanol–water partition coefficient (Wildman–Crippen LogP) is 3.20. The lowest BCUT2D eigenvalue weighted by Gasteiger charge is -1.99. The average molecular weight is 182 g/mol. The zero-order valence-corrected chi connectivity index (χ0v) is 8.51. The van der Waals surface area contributed by atoms with Crippen LogP contribution in [0.4, 0.5) is 0 Å². The van der Waals surface area contributed by atoms with Gasteiger partial charge in [-0.1, -0.05) is 38.0 Å². The predicted molar refractivity (Wildman–Crippen MR) is 54.2 cm³/mol. The molecular weight excluding hydrogens is 164 g/mol. The van der Waals surface area contributed by atoms with Crippen LogP contribution in [0, 0.1) is 0 Å². The van der Waals surface area contributed by atoms with E-state index in [0.717, 1.165) is 12.0 Å². The SMILES string of the molecule is C=COC(=O)CC(C)=CCCCC. The van der Waals surface area contributed by atoms with Crippen LogP contribution < -0.4 is 0 Å². The van der Waals surface area contributed by atoms with E-state index in [4.69, 9.17) is 0 Å². The molecule has 2 heteroatoms. The first-order chi connectivity index (χ1) is 6.20. The monoisotopic (exact) mass is 182 g/mol. The number of allylic oxidation sites excluding steroid dienone is 1. The molecule has 0 saturated carbocycles. The summed E-state index contributed by atoms with van der Waals surface area (Å²) in [4.78, 5) is 11.0. The van der Waals surface area contributed by atoms with Crippen molar-refractivity contribution in [1.82, 2.24) is 0 Å². The van der Waals surface area contributed by atoms with Crippen LogP contribution in [0.15, 0.2) is 24.5 Å². The maximum absolute atomic E-state index is 11.0. The molecule has 0 radical (unpaired) electrons. The molecule has 0 unspecified atom stereocenters. The molecule has 0 spiro atoms. The summed E-state index contributed by atoms with van der Waals surface area (Å²) >= 11 is 0. The number of unbranched alkanes of at least 4 members (excludes halogenated alkanes) is 2. The number of hydrogen-bond donors (Lipinski definition) is 0. The van der Waals surface area contributed by atoms with Crippen molar-refractivity contribution in [2.45, 2.75) is 39.5 Å². The second kappa shape index (κ2) is 7.59. The quantitative estimate of drug-likeness (QED) is 0.273. The van der Waals surface area contributed by atoms with Gasteiger partial charge in [-0.05, 0) is 13.3 Å². The van der Waals surface area contributed by atoms with Crippen molar-refractivity contribution in [1.29, 1.82) is 0 Å². The number of carbonyl (C=O) groups is 1. The minimum atomic E-state index is -0.236. The zero-order valence-electron chi connectivity index (χ0n) is 8.51. The Hall–Kier alpha value is -1.05. The molecule has 0 saturated heterocycles. The van der Waals surface area contributed by atoms with Gasteiger partial charge in [-0.15, -0.1) is 0 Å². The van der Waals surface area contributed by atoms with Gasteiger partial charge in [0.25, 0.3) is 0 Å². The first kappa shape index (κ1) is 11.9. The highest BCUT2D eigenvalue weighted by Crippen LogP contribution is 2.05. The molecule has 0 aromatic carbocycles.